The Balaban J connectivity index is 2.41. The predicted octanol–water partition coefficient (Wildman–Crippen LogP) is 4.22. The lowest BCUT2D eigenvalue weighted by Crippen LogP contribution is -1.88. The third-order valence-corrected chi connectivity index (χ3v) is 3.11. The first-order valence-corrected chi connectivity index (χ1v) is 5.77. The minimum Gasteiger partial charge on any atom is -0.399 e. The molecular formula is C16H17N. The summed E-state index contributed by atoms with van der Waals surface area (Å²) in [6, 6.07) is 18.5. The summed E-state index contributed by atoms with van der Waals surface area (Å²) in [6.45, 7) is 4.30. The summed E-state index contributed by atoms with van der Waals surface area (Å²) in [6.07, 6.45) is 0. The van der Waals surface area contributed by atoms with Gasteiger partial charge >= 0.3 is 0 Å². The molecule has 1 nitrogen and oxygen atoms in total. The SMILES string of the molecule is C/C(=C(\C)c1ccc(N)cc1)c1ccccc1. The second-order valence-electron chi connectivity index (χ2n) is 4.24. The molecule has 0 aliphatic heterocycles. The number of anilines is 1. The molecule has 0 saturated carbocycles. The van der Waals surface area contributed by atoms with Gasteiger partial charge in [-0.1, -0.05) is 42.5 Å². The Kier molecular flexibility index (Phi) is 3.29. The van der Waals surface area contributed by atoms with Crippen molar-refractivity contribution in [2.24, 2.45) is 0 Å². The van der Waals surface area contributed by atoms with Gasteiger partial charge in [0.1, 0.15) is 0 Å². The van der Waals surface area contributed by atoms with Crippen LogP contribution in [0.4, 0.5) is 5.69 Å². The highest BCUT2D eigenvalue weighted by Gasteiger charge is 2.02. The lowest BCUT2D eigenvalue weighted by molar-refractivity contribution is 1.51. The van der Waals surface area contributed by atoms with Crippen LogP contribution in [0.3, 0.4) is 0 Å². The Bertz CT molecular complexity index is 521. The molecule has 2 aromatic rings. The van der Waals surface area contributed by atoms with E-state index < -0.39 is 0 Å². The molecule has 0 bridgehead atoms. The number of nitrogen functional groups attached to an aromatic ring is 1. The zero-order chi connectivity index (χ0) is 12.3. The van der Waals surface area contributed by atoms with Crippen LogP contribution in [0.5, 0.6) is 0 Å². The quantitative estimate of drug-likeness (QED) is 0.598. The second kappa shape index (κ2) is 4.88. The van der Waals surface area contributed by atoms with Gasteiger partial charge in [-0.05, 0) is 48.3 Å². The van der Waals surface area contributed by atoms with Crippen molar-refractivity contribution in [3.63, 3.8) is 0 Å². The van der Waals surface area contributed by atoms with E-state index in [0.29, 0.717) is 0 Å². The topological polar surface area (TPSA) is 26.0 Å². The van der Waals surface area contributed by atoms with Crippen LogP contribution in [0.25, 0.3) is 11.1 Å². The number of allylic oxidation sites excluding steroid dienone is 2. The second-order valence-corrected chi connectivity index (χ2v) is 4.24. The summed E-state index contributed by atoms with van der Waals surface area (Å²) >= 11 is 0. The zero-order valence-electron chi connectivity index (χ0n) is 10.3. The number of benzene rings is 2. The first kappa shape index (κ1) is 11.5. The molecular weight excluding hydrogens is 206 g/mol. The van der Waals surface area contributed by atoms with Crippen molar-refractivity contribution in [2.45, 2.75) is 13.8 Å². The average Bonchev–Trinajstić information content (AvgIpc) is 2.39. The maximum Gasteiger partial charge on any atom is 0.0314 e. The van der Waals surface area contributed by atoms with Crippen LogP contribution in [0, 0.1) is 0 Å². The molecule has 2 aromatic carbocycles. The minimum absolute atomic E-state index is 0.805. The smallest absolute Gasteiger partial charge is 0.0314 e. The molecule has 0 amide bonds. The van der Waals surface area contributed by atoms with Gasteiger partial charge in [0, 0.05) is 5.69 Å². The monoisotopic (exact) mass is 223 g/mol. The number of hydrogen-bond acceptors (Lipinski definition) is 1. The maximum atomic E-state index is 5.70. The Labute approximate surface area is 103 Å². The summed E-state index contributed by atoms with van der Waals surface area (Å²) < 4.78 is 0. The predicted molar refractivity (Wildman–Crippen MR) is 75.5 cm³/mol. The van der Waals surface area contributed by atoms with Crippen molar-refractivity contribution < 1.29 is 0 Å². The van der Waals surface area contributed by atoms with Crippen molar-refractivity contribution >= 4 is 16.8 Å². The highest BCUT2D eigenvalue weighted by molar-refractivity contribution is 5.88. The fraction of sp³-hybridized carbons (Fsp3) is 0.125. The first-order valence-electron chi connectivity index (χ1n) is 5.77. The number of nitrogens with two attached hydrogens (primary N) is 1. The third kappa shape index (κ3) is 2.56. The Morgan fingerprint density at radius 2 is 1.18 bits per heavy atom. The van der Waals surface area contributed by atoms with Crippen LogP contribution in [0.1, 0.15) is 25.0 Å². The summed E-state index contributed by atoms with van der Waals surface area (Å²) in [7, 11) is 0. The minimum atomic E-state index is 0.805. The molecule has 0 heterocycles. The van der Waals surface area contributed by atoms with E-state index in [1.54, 1.807) is 0 Å². The van der Waals surface area contributed by atoms with Crippen molar-refractivity contribution in [3.8, 4) is 0 Å². The van der Waals surface area contributed by atoms with E-state index >= 15 is 0 Å². The molecule has 86 valence electrons. The fourth-order valence-electron chi connectivity index (χ4n) is 1.85. The Morgan fingerprint density at radius 1 is 0.706 bits per heavy atom. The van der Waals surface area contributed by atoms with Crippen LogP contribution < -0.4 is 5.73 Å². The number of hydrogen-bond donors (Lipinski definition) is 1. The largest absolute Gasteiger partial charge is 0.399 e. The normalized spacial score (nSPS) is 12.1. The van der Waals surface area contributed by atoms with Gasteiger partial charge in [-0.15, -0.1) is 0 Å². The molecule has 0 aromatic heterocycles. The number of rotatable bonds is 2. The van der Waals surface area contributed by atoms with Gasteiger partial charge < -0.3 is 5.73 Å². The van der Waals surface area contributed by atoms with Gasteiger partial charge in [0.15, 0.2) is 0 Å². The Morgan fingerprint density at radius 3 is 1.71 bits per heavy atom. The molecule has 0 unspecified atom stereocenters. The van der Waals surface area contributed by atoms with Crippen molar-refractivity contribution in [1.82, 2.24) is 0 Å². The standard InChI is InChI=1S/C16H17N/c1-12(14-6-4-3-5-7-14)13(2)15-8-10-16(17)11-9-15/h3-11H,17H2,1-2H3/b13-12-. The molecule has 0 radical (unpaired) electrons. The molecule has 17 heavy (non-hydrogen) atoms. The first-order chi connectivity index (χ1) is 8.18. The summed E-state index contributed by atoms with van der Waals surface area (Å²) in [4.78, 5) is 0. The molecule has 0 aliphatic carbocycles. The highest BCUT2D eigenvalue weighted by atomic mass is 14.5. The van der Waals surface area contributed by atoms with Crippen molar-refractivity contribution in [1.29, 1.82) is 0 Å². The highest BCUT2D eigenvalue weighted by Crippen LogP contribution is 2.25. The van der Waals surface area contributed by atoms with Gasteiger partial charge in [0.25, 0.3) is 0 Å². The molecule has 0 spiro atoms. The van der Waals surface area contributed by atoms with E-state index in [9.17, 15) is 0 Å². The molecule has 0 saturated heterocycles. The fourth-order valence-corrected chi connectivity index (χ4v) is 1.85. The summed E-state index contributed by atoms with van der Waals surface area (Å²) in [5, 5.41) is 0. The summed E-state index contributed by atoms with van der Waals surface area (Å²) in [5.74, 6) is 0. The van der Waals surface area contributed by atoms with Gasteiger partial charge in [0.2, 0.25) is 0 Å². The van der Waals surface area contributed by atoms with Crippen molar-refractivity contribution in [3.05, 3.63) is 65.7 Å². The van der Waals surface area contributed by atoms with E-state index in [-0.39, 0.29) is 0 Å². The molecule has 2 rings (SSSR count). The van der Waals surface area contributed by atoms with Gasteiger partial charge in [0.05, 0.1) is 0 Å². The lowest BCUT2D eigenvalue weighted by Gasteiger charge is -2.08. The maximum absolute atomic E-state index is 5.70. The van der Waals surface area contributed by atoms with Crippen molar-refractivity contribution in [2.75, 3.05) is 5.73 Å². The van der Waals surface area contributed by atoms with Crippen LogP contribution >= 0.6 is 0 Å². The van der Waals surface area contributed by atoms with Gasteiger partial charge in [-0.25, -0.2) is 0 Å². The lowest BCUT2D eigenvalue weighted by atomic mass is 9.97. The molecule has 0 atom stereocenters. The average molecular weight is 223 g/mol. The van der Waals surface area contributed by atoms with E-state index in [4.69, 9.17) is 5.73 Å². The molecule has 1 heteroatoms. The van der Waals surface area contributed by atoms with Crippen LogP contribution in [0.2, 0.25) is 0 Å². The molecule has 2 N–H and O–H groups in total. The van der Waals surface area contributed by atoms with E-state index in [1.807, 2.05) is 18.2 Å². The summed E-state index contributed by atoms with van der Waals surface area (Å²) in [5.41, 5.74) is 11.6. The molecule has 0 aliphatic rings. The third-order valence-electron chi connectivity index (χ3n) is 3.11. The van der Waals surface area contributed by atoms with E-state index in [1.165, 1.54) is 22.3 Å². The van der Waals surface area contributed by atoms with Crippen LogP contribution in [0.15, 0.2) is 54.6 Å². The van der Waals surface area contributed by atoms with Crippen LogP contribution in [-0.2, 0) is 0 Å². The van der Waals surface area contributed by atoms with Gasteiger partial charge in [-0.2, -0.15) is 0 Å². The molecule has 0 fully saturated rings. The van der Waals surface area contributed by atoms with E-state index in [0.717, 1.165) is 5.69 Å². The van der Waals surface area contributed by atoms with Crippen LogP contribution in [-0.4, -0.2) is 0 Å². The van der Waals surface area contributed by atoms with Gasteiger partial charge in [-0.3, -0.25) is 0 Å². The van der Waals surface area contributed by atoms with E-state index in [2.05, 4.69) is 50.2 Å². The Hall–Kier alpha value is -2.02. The zero-order valence-corrected chi connectivity index (χ0v) is 10.3.